The number of fused-ring (bicyclic) bond motifs is 2. The van der Waals surface area contributed by atoms with Crippen molar-refractivity contribution < 1.29 is 9.53 Å². The Morgan fingerprint density at radius 1 is 1.22 bits per heavy atom. The summed E-state index contributed by atoms with van der Waals surface area (Å²) in [5, 5.41) is 0. The molecule has 0 saturated carbocycles. The number of aryl methyl sites for hydroxylation is 1. The second-order valence-electron chi connectivity index (χ2n) is 6.16. The molecule has 0 N–H and O–H groups in total. The molecule has 0 unspecified atom stereocenters. The predicted molar refractivity (Wildman–Crippen MR) is 106 cm³/mol. The standard InChI is InChI=1S/C20H18N4O2S/c1-13-7-8-17-18(11-13)27-20(24(17)9-10-26-2)23-19(25)16-12-21-14-5-3-4-6-15(14)22-16/h3-8,11-12H,9-10H2,1-2H3. The van der Waals surface area contributed by atoms with Crippen molar-refractivity contribution in [3.05, 3.63) is 64.7 Å². The van der Waals surface area contributed by atoms with Crippen molar-refractivity contribution >= 4 is 38.5 Å². The number of nitrogens with zero attached hydrogens (tertiary/aromatic N) is 4. The van der Waals surface area contributed by atoms with Crippen LogP contribution >= 0.6 is 11.3 Å². The minimum Gasteiger partial charge on any atom is -0.383 e. The molecule has 2 aromatic carbocycles. The van der Waals surface area contributed by atoms with Crippen molar-refractivity contribution in [2.24, 2.45) is 4.99 Å². The number of benzene rings is 2. The lowest BCUT2D eigenvalue weighted by molar-refractivity contribution is 0.0992. The van der Waals surface area contributed by atoms with Gasteiger partial charge >= 0.3 is 0 Å². The number of thiazole rings is 1. The van der Waals surface area contributed by atoms with E-state index in [9.17, 15) is 4.79 Å². The van der Waals surface area contributed by atoms with Crippen molar-refractivity contribution in [1.82, 2.24) is 14.5 Å². The molecular weight excluding hydrogens is 360 g/mol. The lowest BCUT2D eigenvalue weighted by Crippen LogP contribution is -2.19. The van der Waals surface area contributed by atoms with Gasteiger partial charge in [0.15, 0.2) is 4.80 Å². The number of aromatic nitrogens is 3. The van der Waals surface area contributed by atoms with E-state index in [2.05, 4.69) is 33.2 Å². The van der Waals surface area contributed by atoms with Crippen LogP contribution < -0.4 is 4.80 Å². The summed E-state index contributed by atoms with van der Waals surface area (Å²) in [6.07, 6.45) is 1.48. The molecule has 4 aromatic rings. The minimum absolute atomic E-state index is 0.237. The summed E-state index contributed by atoms with van der Waals surface area (Å²) < 4.78 is 8.31. The second-order valence-corrected chi connectivity index (χ2v) is 7.17. The Kier molecular flexibility index (Phi) is 4.79. The first kappa shape index (κ1) is 17.5. The van der Waals surface area contributed by atoms with E-state index in [0.29, 0.717) is 23.5 Å². The Morgan fingerprint density at radius 2 is 2.04 bits per heavy atom. The molecule has 0 aliphatic rings. The van der Waals surface area contributed by atoms with E-state index < -0.39 is 5.91 Å². The first-order valence-corrected chi connectivity index (χ1v) is 9.37. The molecule has 0 aliphatic carbocycles. The average molecular weight is 378 g/mol. The Morgan fingerprint density at radius 3 is 2.85 bits per heavy atom. The van der Waals surface area contributed by atoms with E-state index in [1.54, 1.807) is 7.11 Å². The number of ether oxygens (including phenoxy) is 1. The van der Waals surface area contributed by atoms with Crippen LogP contribution in [-0.4, -0.2) is 34.2 Å². The van der Waals surface area contributed by atoms with Gasteiger partial charge in [-0.25, -0.2) is 4.98 Å². The summed E-state index contributed by atoms with van der Waals surface area (Å²) >= 11 is 1.49. The van der Waals surface area contributed by atoms with Crippen LogP contribution in [0.2, 0.25) is 0 Å². The monoisotopic (exact) mass is 378 g/mol. The number of rotatable bonds is 4. The van der Waals surface area contributed by atoms with Crippen LogP contribution in [0.1, 0.15) is 16.1 Å². The molecule has 7 heteroatoms. The first-order chi connectivity index (χ1) is 13.2. The topological polar surface area (TPSA) is 69.4 Å². The fraction of sp³-hybridized carbons (Fsp3) is 0.200. The van der Waals surface area contributed by atoms with E-state index in [1.165, 1.54) is 23.1 Å². The molecule has 2 heterocycles. The van der Waals surface area contributed by atoms with Gasteiger partial charge in [-0.2, -0.15) is 4.99 Å². The van der Waals surface area contributed by atoms with Crippen molar-refractivity contribution in [3.8, 4) is 0 Å². The zero-order valence-corrected chi connectivity index (χ0v) is 15.9. The third kappa shape index (κ3) is 3.51. The number of hydrogen-bond donors (Lipinski definition) is 0. The third-order valence-electron chi connectivity index (χ3n) is 4.22. The van der Waals surface area contributed by atoms with Crippen LogP contribution in [0.5, 0.6) is 0 Å². The van der Waals surface area contributed by atoms with Gasteiger partial charge in [0.05, 0.1) is 34.1 Å². The maximum atomic E-state index is 12.7. The van der Waals surface area contributed by atoms with Crippen LogP contribution in [0.15, 0.2) is 53.7 Å². The zero-order valence-electron chi connectivity index (χ0n) is 15.0. The summed E-state index contributed by atoms with van der Waals surface area (Å²) in [5.41, 5.74) is 3.87. The Hall–Kier alpha value is -2.90. The number of amides is 1. The van der Waals surface area contributed by atoms with E-state index in [1.807, 2.05) is 35.8 Å². The Labute approximate surface area is 159 Å². The van der Waals surface area contributed by atoms with E-state index >= 15 is 0 Å². The molecule has 0 saturated heterocycles. The quantitative estimate of drug-likeness (QED) is 0.546. The summed E-state index contributed by atoms with van der Waals surface area (Å²) in [6, 6.07) is 13.7. The molecule has 0 atom stereocenters. The third-order valence-corrected chi connectivity index (χ3v) is 5.26. The highest BCUT2D eigenvalue weighted by atomic mass is 32.1. The first-order valence-electron chi connectivity index (χ1n) is 8.55. The number of carbonyl (C=O) groups excluding carboxylic acids is 1. The van der Waals surface area contributed by atoms with Crippen LogP contribution in [0.3, 0.4) is 0 Å². The highest BCUT2D eigenvalue weighted by Crippen LogP contribution is 2.19. The van der Waals surface area contributed by atoms with Gasteiger partial charge in [-0.3, -0.25) is 9.78 Å². The molecule has 0 radical (unpaired) electrons. The zero-order chi connectivity index (χ0) is 18.8. The van der Waals surface area contributed by atoms with Crippen LogP contribution in [-0.2, 0) is 11.3 Å². The van der Waals surface area contributed by atoms with Crippen molar-refractivity contribution in [2.75, 3.05) is 13.7 Å². The normalized spacial score (nSPS) is 12.1. The van der Waals surface area contributed by atoms with Gasteiger partial charge in [0, 0.05) is 13.7 Å². The highest BCUT2D eigenvalue weighted by molar-refractivity contribution is 7.16. The number of para-hydroxylation sites is 2. The smallest absolute Gasteiger partial charge is 0.299 e. The van der Waals surface area contributed by atoms with E-state index in [4.69, 9.17) is 4.74 Å². The van der Waals surface area contributed by atoms with Gasteiger partial charge in [-0.1, -0.05) is 29.5 Å². The average Bonchev–Trinajstić information content (AvgIpc) is 3.01. The van der Waals surface area contributed by atoms with Crippen LogP contribution in [0.25, 0.3) is 21.3 Å². The van der Waals surface area contributed by atoms with Crippen LogP contribution in [0.4, 0.5) is 0 Å². The number of methoxy groups -OCH3 is 1. The van der Waals surface area contributed by atoms with E-state index in [-0.39, 0.29) is 5.69 Å². The molecule has 136 valence electrons. The Bertz CT molecular complexity index is 1210. The molecular formula is C20H18N4O2S. The van der Waals surface area contributed by atoms with Crippen molar-refractivity contribution in [1.29, 1.82) is 0 Å². The highest BCUT2D eigenvalue weighted by Gasteiger charge is 2.11. The number of carbonyl (C=O) groups is 1. The van der Waals surface area contributed by atoms with Crippen LogP contribution in [0, 0.1) is 6.92 Å². The molecule has 0 spiro atoms. The molecule has 0 bridgehead atoms. The summed E-state index contributed by atoms with van der Waals surface area (Å²) in [5.74, 6) is -0.400. The SMILES string of the molecule is COCCn1c(=NC(=O)c2cnc3ccccc3n2)sc2cc(C)ccc21. The van der Waals surface area contributed by atoms with Gasteiger partial charge in [0.2, 0.25) is 0 Å². The van der Waals surface area contributed by atoms with Gasteiger partial charge in [0.1, 0.15) is 5.69 Å². The molecule has 4 rings (SSSR count). The molecule has 2 aromatic heterocycles. The lowest BCUT2D eigenvalue weighted by Gasteiger charge is -2.04. The van der Waals surface area contributed by atoms with Crippen molar-refractivity contribution in [2.45, 2.75) is 13.5 Å². The number of hydrogen-bond acceptors (Lipinski definition) is 5. The largest absolute Gasteiger partial charge is 0.383 e. The fourth-order valence-electron chi connectivity index (χ4n) is 2.87. The summed E-state index contributed by atoms with van der Waals surface area (Å²) in [4.78, 5) is 26.4. The maximum absolute atomic E-state index is 12.7. The summed E-state index contributed by atoms with van der Waals surface area (Å²) in [7, 11) is 1.66. The lowest BCUT2D eigenvalue weighted by atomic mass is 10.2. The fourth-order valence-corrected chi connectivity index (χ4v) is 4.02. The molecule has 0 fully saturated rings. The van der Waals surface area contributed by atoms with Gasteiger partial charge in [0.25, 0.3) is 5.91 Å². The molecule has 6 nitrogen and oxygen atoms in total. The second kappa shape index (κ2) is 7.38. The Balaban J connectivity index is 1.81. The summed E-state index contributed by atoms with van der Waals surface area (Å²) in [6.45, 7) is 3.21. The molecule has 27 heavy (non-hydrogen) atoms. The van der Waals surface area contributed by atoms with Gasteiger partial charge in [-0.05, 0) is 36.8 Å². The predicted octanol–water partition coefficient (Wildman–Crippen LogP) is 3.34. The van der Waals surface area contributed by atoms with Gasteiger partial charge in [-0.15, -0.1) is 0 Å². The molecule has 1 amide bonds. The maximum Gasteiger partial charge on any atom is 0.299 e. The minimum atomic E-state index is -0.400. The molecule has 0 aliphatic heterocycles. The van der Waals surface area contributed by atoms with Crippen molar-refractivity contribution in [3.63, 3.8) is 0 Å². The van der Waals surface area contributed by atoms with E-state index in [0.717, 1.165) is 15.7 Å². The van der Waals surface area contributed by atoms with Gasteiger partial charge < -0.3 is 9.30 Å².